The predicted octanol–water partition coefficient (Wildman–Crippen LogP) is 4.85. The molecular formula is C25H20O6. The van der Waals surface area contributed by atoms with Crippen LogP contribution in [-0.4, -0.2) is 26.0 Å². The fourth-order valence-corrected chi connectivity index (χ4v) is 3.29. The molecule has 6 heteroatoms. The maximum Gasteiger partial charge on any atom is 0.343 e. The molecule has 3 aromatic carbocycles. The van der Waals surface area contributed by atoms with E-state index in [0.717, 1.165) is 0 Å². The van der Waals surface area contributed by atoms with Crippen LogP contribution in [-0.2, 0) is 0 Å². The molecule has 0 amide bonds. The lowest BCUT2D eigenvalue weighted by molar-refractivity contribution is 0.0733. The first-order valence-corrected chi connectivity index (χ1v) is 9.59. The third-order valence-electron chi connectivity index (χ3n) is 4.98. The van der Waals surface area contributed by atoms with E-state index in [0.29, 0.717) is 45.3 Å². The molecule has 0 radical (unpaired) electrons. The van der Waals surface area contributed by atoms with Crippen molar-refractivity contribution in [2.75, 3.05) is 14.2 Å². The average Bonchev–Trinajstić information content (AvgIpc) is 3.12. The summed E-state index contributed by atoms with van der Waals surface area (Å²) in [5.41, 5.74) is 2.09. The van der Waals surface area contributed by atoms with Gasteiger partial charge in [0.25, 0.3) is 0 Å². The van der Waals surface area contributed by atoms with Gasteiger partial charge in [-0.2, -0.15) is 0 Å². The first-order chi connectivity index (χ1) is 15.0. The van der Waals surface area contributed by atoms with Crippen LogP contribution in [0.3, 0.4) is 0 Å². The number of benzene rings is 3. The maximum atomic E-state index is 12.9. The standard InChI is InChI=1S/C25H20O6/c1-15-20(31-25(27)16-7-5-4-6-8-16)12-11-19-23(26)22(30-24(15)19)13-17-9-10-18(28-2)14-21(17)29-3/h4-14H,1-3H3/b22-13-. The van der Waals surface area contributed by atoms with Crippen LogP contribution in [0.1, 0.15) is 31.8 Å². The molecule has 0 bridgehead atoms. The predicted molar refractivity (Wildman–Crippen MR) is 115 cm³/mol. The lowest BCUT2D eigenvalue weighted by Gasteiger charge is -2.10. The Morgan fingerprint density at radius 1 is 0.935 bits per heavy atom. The van der Waals surface area contributed by atoms with E-state index in [1.165, 1.54) is 0 Å². The number of fused-ring (bicyclic) bond motifs is 1. The van der Waals surface area contributed by atoms with Crippen molar-refractivity contribution < 1.29 is 28.5 Å². The fraction of sp³-hybridized carbons (Fsp3) is 0.120. The molecule has 0 saturated heterocycles. The number of ether oxygens (including phenoxy) is 4. The minimum Gasteiger partial charge on any atom is -0.497 e. The number of methoxy groups -OCH3 is 2. The van der Waals surface area contributed by atoms with E-state index < -0.39 is 5.97 Å². The number of hydrogen-bond donors (Lipinski definition) is 0. The monoisotopic (exact) mass is 416 g/mol. The van der Waals surface area contributed by atoms with Gasteiger partial charge >= 0.3 is 5.97 Å². The number of rotatable bonds is 5. The van der Waals surface area contributed by atoms with Crippen molar-refractivity contribution in [3.63, 3.8) is 0 Å². The molecule has 4 rings (SSSR count). The summed E-state index contributed by atoms with van der Waals surface area (Å²) < 4.78 is 22.0. The van der Waals surface area contributed by atoms with Crippen molar-refractivity contribution in [1.82, 2.24) is 0 Å². The van der Waals surface area contributed by atoms with E-state index in [4.69, 9.17) is 18.9 Å². The molecule has 1 heterocycles. The minimum absolute atomic E-state index is 0.160. The van der Waals surface area contributed by atoms with Gasteiger partial charge in [-0.05, 0) is 49.4 Å². The molecule has 1 aliphatic rings. The number of Topliss-reactive ketones (excluding diaryl/α,β-unsaturated/α-hetero) is 1. The summed E-state index contributed by atoms with van der Waals surface area (Å²) in [7, 11) is 3.11. The highest BCUT2D eigenvalue weighted by atomic mass is 16.5. The molecule has 0 spiro atoms. The Labute approximate surface area is 179 Å². The summed E-state index contributed by atoms with van der Waals surface area (Å²) in [4.78, 5) is 25.3. The lowest BCUT2D eigenvalue weighted by atomic mass is 10.1. The van der Waals surface area contributed by atoms with Crippen LogP contribution in [0.2, 0.25) is 0 Å². The van der Waals surface area contributed by atoms with Gasteiger partial charge in [0, 0.05) is 17.2 Å². The van der Waals surface area contributed by atoms with E-state index in [9.17, 15) is 9.59 Å². The molecule has 0 fully saturated rings. The molecule has 0 aliphatic carbocycles. The van der Waals surface area contributed by atoms with Gasteiger partial charge in [-0.25, -0.2) is 4.79 Å². The summed E-state index contributed by atoms with van der Waals surface area (Å²) >= 11 is 0. The Hall–Kier alpha value is -4.06. The van der Waals surface area contributed by atoms with Gasteiger partial charge in [0.05, 0.1) is 25.3 Å². The largest absolute Gasteiger partial charge is 0.497 e. The Kier molecular flexibility index (Phi) is 5.45. The molecule has 0 unspecified atom stereocenters. The number of ketones is 1. The van der Waals surface area contributed by atoms with Crippen LogP contribution >= 0.6 is 0 Å². The minimum atomic E-state index is -0.480. The number of hydrogen-bond acceptors (Lipinski definition) is 6. The maximum absolute atomic E-state index is 12.9. The lowest BCUT2D eigenvalue weighted by Crippen LogP contribution is -2.09. The molecule has 6 nitrogen and oxygen atoms in total. The SMILES string of the molecule is COc1ccc(/C=C2\Oc3c(ccc(OC(=O)c4ccccc4)c3C)C2=O)c(OC)c1. The highest BCUT2D eigenvalue weighted by Crippen LogP contribution is 2.40. The summed E-state index contributed by atoms with van der Waals surface area (Å²) in [6, 6.07) is 17.2. The van der Waals surface area contributed by atoms with Crippen LogP contribution in [0.15, 0.2) is 66.4 Å². The molecule has 0 atom stereocenters. The topological polar surface area (TPSA) is 71.1 Å². The first kappa shape index (κ1) is 20.2. The molecule has 156 valence electrons. The quantitative estimate of drug-likeness (QED) is 0.336. The highest BCUT2D eigenvalue weighted by molar-refractivity contribution is 6.15. The zero-order valence-electron chi connectivity index (χ0n) is 17.3. The van der Waals surface area contributed by atoms with Crippen LogP contribution in [0.5, 0.6) is 23.0 Å². The van der Waals surface area contributed by atoms with E-state index in [2.05, 4.69) is 0 Å². The second-order valence-corrected chi connectivity index (χ2v) is 6.87. The smallest absolute Gasteiger partial charge is 0.343 e. The number of esters is 1. The fourth-order valence-electron chi connectivity index (χ4n) is 3.29. The number of carbonyl (C=O) groups excluding carboxylic acids is 2. The Bertz CT molecular complexity index is 1190. The van der Waals surface area contributed by atoms with E-state index in [1.54, 1.807) is 81.8 Å². The Morgan fingerprint density at radius 2 is 1.71 bits per heavy atom. The second-order valence-electron chi connectivity index (χ2n) is 6.87. The molecule has 0 saturated carbocycles. The van der Waals surface area contributed by atoms with Crippen molar-refractivity contribution in [3.05, 3.63) is 88.7 Å². The van der Waals surface area contributed by atoms with Gasteiger partial charge in [0.2, 0.25) is 5.78 Å². The highest BCUT2D eigenvalue weighted by Gasteiger charge is 2.31. The van der Waals surface area contributed by atoms with Crippen LogP contribution < -0.4 is 18.9 Å². The van der Waals surface area contributed by atoms with Crippen molar-refractivity contribution in [2.24, 2.45) is 0 Å². The van der Waals surface area contributed by atoms with Crippen molar-refractivity contribution in [3.8, 4) is 23.0 Å². The van der Waals surface area contributed by atoms with E-state index in [-0.39, 0.29) is 11.5 Å². The third kappa shape index (κ3) is 3.88. The van der Waals surface area contributed by atoms with Crippen LogP contribution in [0, 0.1) is 6.92 Å². The van der Waals surface area contributed by atoms with Gasteiger partial charge < -0.3 is 18.9 Å². The van der Waals surface area contributed by atoms with Gasteiger partial charge in [0.15, 0.2) is 5.76 Å². The summed E-state index contributed by atoms with van der Waals surface area (Å²) in [5, 5.41) is 0. The zero-order chi connectivity index (χ0) is 22.0. The van der Waals surface area contributed by atoms with Crippen molar-refractivity contribution in [2.45, 2.75) is 6.92 Å². The number of allylic oxidation sites excluding steroid dienone is 1. The molecule has 0 N–H and O–H groups in total. The molecular weight excluding hydrogens is 396 g/mol. The molecule has 0 aromatic heterocycles. The molecule has 31 heavy (non-hydrogen) atoms. The van der Waals surface area contributed by atoms with Gasteiger partial charge in [0.1, 0.15) is 23.0 Å². The zero-order valence-corrected chi connectivity index (χ0v) is 17.3. The normalized spacial score (nSPS) is 13.5. The summed E-state index contributed by atoms with van der Waals surface area (Å²) in [6.07, 6.45) is 1.62. The van der Waals surface area contributed by atoms with E-state index >= 15 is 0 Å². The number of carbonyl (C=O) groups is 2. The summed E-state index contributed by atoms with van der Waals surface area (Å²) in [5.74, 6) is 1.33. The average molecular weight is 416 g/mol. The van der Waals surface area contributed by atoms with Crippen molar-refractivity contribution in [1.29, 1.82) is 0 Å². The van der Waals surface area contributed by atoms with Crippen LogP contribution in [0.4, 0.5) is 0 Å². The summed E-state index contributed by atoms with van der Waals surface area (Å²) in [6.45, 7) is 1.75. The molecule has 3 aromatic rings. The molecule has 1 aliphatic heterocycles. The Morgan fingerprint density at radius 3 is 2.42 bits per heavy atom. The van der Waals surface area contributed by atoms with E-state index in [1.807, 2.05) is 6.07 Å². The van der Waals surface area contributed by atoms with Gasteiger partial charge in [-0.1, -0.05) is 18.2 Å². The first-order valence-electron chi connectivity index (χ1n) is 9.59. The van der Waals surface area contributed by atoms with Gasteiger partial charge in [-0.15, -0.1) is 0 Å². The van der Waals surface area contributed by atoms with Crippen LogP contribution in [0.25, 0.3) is 6.08 Å². The third-order valence-corrected chi connectivity index (χ3v) is 4.98. The second kappa shape index (κ2) is 8.36. The Balaban J connectivity index is 1.63. The van der Waals surface area contributed by atoms with Crippen molar-refractivity contribution >= 4 is 17.8 Å². The van der Waals surface area contributed by atoms with Gasteiger partial charge in [-0.3, -0.25) is 4.79 Å².